The minimum Gasteiger partial charge on any atom is -0.497 e. The number of hydrogen-bond donors (Lipinski definition) is 0. The maximum Gasteiger partial charge on any atom is 0.266 e. The van der Waals surface area contributed by atoms with Gasteiger partial charge < -0.3 is 4.74 Å². The SMILES string of the molecule is COc1ccc(-n2c(-c3ccccc3F)nc3ccccc3c2=O)cc1. The molecule has 0 aliphatic heterocycles. The van der Waals surface area contributed by atoms with Crippen LogP contribution >= 0.6 is 0 Å². The van der Waals surface area contributed by atoms with Crippen molar-refractivity contribution < 1.29 is 9.13 Å². The molecule has 0 aliphatic rings. The molecule has 0 atom stereocenters. The second-order valence-electron chi connectivity index (χ2n) is 5.77. The second kappa shape index (κ2) is 6.44. The number of halogens is 1. The van der Waals surface area contributed by atoms with Crippen molar-refractivity contribution in [1.82, 2.24) is 9.55 Å². The van der Waals surface area contributed by atoms with E-state index in [4.69, 9.17) is 4.74 Å². The van der Waals surface area contributed by atoms with E-state index in [1.807, 2.05) is 0 Å². The first-order valence-corrected chi connectivity index (χ1v) is 8.10. The largest absolute Gasteiger partial charge is 0.497 e. The van der Waals surface area contributed by atoms with Crippen LogP contribution in [0.2, 0.25) is 0 Å². The van der Waals surface area contributed by atoms with E-state index in [0.717, 1.165) is 0 Å². The van der Waals surface area contributed by atoms with Gasteiger partial charge in [0.15, 0.2) is 5.82 Å². The number of benzene rings is 3. The molecule has 128 valence electrons. The third kappa shape index (κ3) is 2.63. The molecule has 26 heavy (non-hydrogen) atoms. The van der Waals surface area contributed by atoms with E-state index in [9.17, 15) is 9.18 Å². The summed E-state index contributed by atoms with van der Waals surface area (Å²) in [7, 11) is 1.57. The molecule has 5 heteroatoms. The molecule has 1 heterocycles. The molecule has 0 amide bonds. The topological polar surface area (TPSA) is 44.1 Å². The fourth-order valence-corrected chi connectivity index (χ4v) is 2.93. The molecular weight excluding hydrogens is 331 g/mol. The van der Waals surface area contributed by atoms with Gasteiger partial charge in [-0.3, -0.25) is 9.36 Å². The molecule has 0 spiro atoms. The molecule has 0 saturated carbocycles. The third-order valence-corrected chi connectivity index (χ3v) is 4.22. The van der Waals surface area contributed by atoms with Crippen molar-refractivity contribution in [1.29, 1.82) is 0 Å². The van der Waals surface area contributed by atoms with Crippen LogP contribution in [-0.2, 0) is 0 Å². The molecule has 0 radical (unpaired) electrons. The highest BCUT2D eigenvalue weighted by molar-refractivity contribution is 5.80. The summed E-state index contributed by atoms with van der Waals surface area (Å²) in [6.45, 7) is 0. The number of hydrogen-bond acceptors (Lipinski definition) is 3. The molecule has 4 aromatic rings. The minimum atomic E-state index is -0.433. The molecule has 0 saturated heterocycles. The molecule has 0 aliphatic carbocycles. The smallest absolute Gasteiger partial charge is 0.266 e. The summed E-state index contributed by atoms with van der Waals surface area (Å²) >= 11 is 0. The highest BCUT2D eigenvalue weighted by Gasteiger charge is 2.16. The van der Waals surface area contributed by atoms with Crippen molar-refractivity contribution in [2.24, 2.45) is 0 Å². The molecule has 0 fully saturated rings. The monoisotopic (exact) mass is 346 g/mol. The number of fused-ring (bicyclic) bond motifs is 1. The van der Waals surface area contributed by atoms with Crippen LogP contribution in [0.1, 0.15) is 0 Å². The van der Waals surface area contributed by atoms with Gasteiger partial charge in [0.25, 0.3) is 5.56 Å². The van der Waals surface area contributed by atoms with Crippen LogP contribution in [0.4, 0.5) is 4.39 Å². The van der Waals surface area contributed by atoms with Crippen LogP contribution in [0.15, 0.2) is 77.6 Å². The predicted octanol–water partition coefficient (Wildman–Crippen LogP) is 4.20. The summed E-state index contributed by atoms with van der Waals surface area (Å²) < 4.78 is 21.1. The van der Waals surface area contributed by atoms with Crippen LogP contribution in [0.25, 0.3) is 28.0 Å². The Bertz CT molecular complexity index is 1150. The normalized spacial score (nSPS) is 10.8. The third-order valence-electron chi connectivity index (χ3n) is 4.22. The quantitative estimate of drug-likeness (QED) is 0.558. The molecule has 0 unspecified atom stereocenters. The van der Waals surface area contributed by atoms with Gasteiger partial charge in [0.05, 0.1) is 29.3 Å². The molecule has 1 aromatic heterocycles. The van der Waals surface area contributed by atoms with Gasteiger partial charge in [0, 0.05) is 0 Å². The number of rotatable bonds is 3. The van der Waals surface area contributed by atoms with Gasteiger partial charge in [-0.1, -0.05) is 24.3 Å². The lowest BCUT2D eigenvalue weighted by molar-refractivity contribution is 0.414. The summed E-state index contributed by atoms with van der Waals surface area (Å²) in [6.07, 6.45) is 0. The van der Waals surface area contributed by atoms with E-state index < -0.39 is 5.82 Å². The zero-order valence-corrected chi connectivity index (χ0v) is 14.0. The van der Waals surface area contributed by atoms with E-state index in [0.29, 0.717) is 22.3 Å². The standard InChI is InChI=1S/C21H15FN2O2/c1-26-15-12-10-14(11-13-15)24-20(16-6-2-4-8-18(16)22)23-19-9-5-3-7-17(19)21(24)25/h2-13H,1H3. The Morgan fingerprint density at radius 1 is 0.923 bits per heavy atom. The Morgan fingerprint density at radius 2 is 1.62 bits per heavy atom. The van der Waals surface area contributed by atoms with Crippen molar-refractivity contribution in [3.63, 3.8) is 0 Å². The van der Waals surface area contributed by atoms with Gasteiger partial charge in [-0.15, -0.1) is 0 Å². The van der Waals surface area contributed by atoms with Crippen molar-refractivity contribution in [2.75, 3.05) is 7.11 Å². The van der Waals surface area contributed by atoms with Gasteiger partial charge in [0.1, 0.15) is 11.6 Å². The Kier molecular flexibility index (Phi) is 3.97. The number of para-hydroxylation sites is 1. The summed E-state index contributed by atoms with van der Waals surface area (Å²) in [6, 6.07) is 20.4. The van der Waals surface area contributed by atoms with E-state index in [-0.39, 0.29) is 16.9 Å². The predicted molar refractivity (Wildman–Crippen MR) is 99.3 cm³/mol. The summed E-state index contributed by atoms with van der Waals surface area (Å²) in [4.78, 5) is 17.7. The van der Waals surface area contributed by atoms with E-state index in [1.54, 1.807) is 73.8 Å². The van der Waals surface area contributed by atoms with Crippen molar-refractivity contribution in [2.45, 2.75) is 0 Å². The van der Waals surface area contributed by atoms with Gasteiger partial charge in [-0.05, 0) is 48.5 Å². The Labute approximate surface area is 149 Å². The summed E-state index contributed by atoms with van der Waals surface area (Å²) in [5.74, 6) is 0.497. The zero-order valence-electron chi connectivity index (χ0n) is 14.0. The second-order valence-corrected chi connectivity index (χ2v) is 5.77. The molecular formula is C21H15FN2O2. The highest BCUT2D eigenvalue weighted by atomic mass is 19.1. The average Bonchev–Trinajstić information content (AvgIpc) is 2.68. The van der Waals surface area contributed by atoms with Crippen LogP contribution in [0.5, 0.6) is 5.75 Å². The van der Waals surface area contributed by atoms with Gasteiger partial charge in [-0.25, -0.2) is 9.37 Å². The van der Waals surface area contributed by atoms with Crippen molar-refractivity contribution in [3.05, 3.63) is 89.0 Å². The molecule has 0 N–H and O–H groups in total. The number of ether oxygens (including phenoxy) is 1. The Hall–Kier alpha value is -3.47. The lowest BCUT2D eigenvalue weighted by Gasteiger charge is -2.14. The fourth-order valence-electron chi connectivity index (χ4n) is 2.93. The van der Waals surface area contributed by atoms with E-state index in [2.05, 4.69) is 4.98 Å². The van der Waals surface area contributed by atoms with E-state index in [1.165, 1.54) is 10.6 Å². The van der Waals surface area contributed by atoms with E-state index >= 15 is 0 Å². The number of aromatic nitrogens is 2. The first kappa shape index (κ1) is 16.0. The lowest BCUT2D eigenvalue weighted by Crippen LogP contribution is -2.22. The van der Waals surface area contributed by atoms with Gasteiger partial charge in [0.2, 0.25) is 0 Å². The van der Waals surface area contributed by atoms with Gasteiger partial charge in [-0.2, -0.15) is 0 Å². The summed E-state index contributed by atoms with van der Waals surface area (Å²) in [5.41, 5.74) is 1.14. The van der Waals surface area contributed by atoms with Gasteiger partial charge >= 0.3 is 0 Å². The molecule has 4 nitrogen and oxygen atoms in total. The minimum absolute atomic E-state index is 0.251. The number of nitrogens with zero attached hydrogens (tertiary/aromatic N) is 2. The Morgan fingerprint density at radius 3 is 2.35 bits per heavy atom. The first-order chi connectivity index (χ1) is 12.7. The Balaban J connectivity index is 2.09. The zero-order chi connectivity index (χ0) is 18.1. The van der Waals surface area contributed by atoms with Crippen LogP contribution in [-0.4, -0.2) is 16.7 Å². The van der Waals surface area contributed by atoms with Crippen LogP contribution in [0, 0.1) is 5.82 Å². The molecule has 4 rings (SSSR count). The summed E-state index contributed by atoms with van der Waals surface area (Å²) in [5, 5.41) is 0.475. The van der Waals surface area contributed by atoms with Crippen molar-refractivity contribution >= 4 is 10.9 Å². The fraction of sp³-hybridized carbons (Fsp3) is 0.0476. The van der Waals surface area contributed by atoms with Crippen LogP contribution in [0.3, 0.4) is 0 Å². The lowest BCUT2D eigenvalue weighted by atomic mass is 10.1. The van der Waals surface area contributed by atoms with Crippen LogP contribution < -0.4 is 10.3 Å². The maximum absolute atomic E-state index is 14.4. The maximum atomic E-state index is 14.4. The molecule has 3 aromatic carbocycles. The van der Waals surface area contributed by atoms with Crippen molar-refractivity contribution in [3.8, 4) is 22.8 Å². The molecule has 0 bridgehead atoms. The first-order valence-electron chi connectivity index (χ1n) is 8.10. The number of methoxy groups -OCH3 is 1. The average molecular weight is 346 g/mol. The highest BCUT2D eigenvalue weighted by Crippen LogP contribution is 2.25.